The standard InChI is InChI=1S/C26H22Cl3NO3S/c1-2-33-26(32)21-22(15-3-7-17(27)8-4-15)30-23(16-5-9-18(28)10-6-16)25(24(21)31)34-20-13-11-19(29)12-14-20/h3-14,22-23,25,30-31H,2H2,1H3/t22-,23-,25-/m0/s1. The average Bonchev–Trinajstić information content (AvgIpc) is 2.82. The van der Waals surface area contributed by atoms with Gasteiger partial charge in [0.15, 0.2) is 0 Å². The topological polar surface area (TPSA) is 58.6 Å². The first-order valence-electron chi connectivity index (χ1n) is 10.7. The molecule has 4 rings (SSSR count). The van der Waals surface area contributed by atoms with Gasteiger partial charge in [0.2, 0.25) is 0 Å². The van der Waals surface area contributed by atoms with Gasteiger partial charge in [0.1, 0.15) is 5.76 Å². The van der Waals surface area contributed by atoms with Gasteiger partial charge in [-0.25, -0.2) is 4.79 Å². The van der Waals surface area contributed by atoms with Crippen molar-refractivity contribution in [1.29, 1.82) is 0 Å². The number of thioether (sulfide) groups is 1. The number of rotatable bonds is 6. The Morgan fingerprint density at radius 1 is 0.882 bits per heavy atom. The lowest BCUT2D eigenvalue weighted by atomic mass is 9.88. The summed E-state index contributed by atoms with van der Waals surface area (Å²) in [5, 5.41) is 16.4. The number of nitrogens with one attached hydrogen (secondary N) is 1. The lowest BCUT2D eigenvalue weighted by molar-refractivity contribution is -0.139. The van der Waals surface area contributed by atoms with Gasteiger partial charge >= 0.3 is 5.97 Å². The predicted molar refractivity (Wildman–Crippen MR) is 139 cm³/mol. The van der Waals surface area contributed by atoms with Gasteiger partial charge in [-0.15, -0.1) is 11.8 Å². The number of carbonyl (C=O) groups excluding carboxylic acids is 1. The summed E-state index contributed by atoms with van der Waals surface area (Å²) < 4.78 is 5.33. The summed E-state index contributed by atoms with van der Waals surface area (Å²) in [6, 6.07) is 21.0. The Kier molecular flexibility index (Phi) is 8.12. The molecule has 3 aromatic rings. The van der Waals surface area contributed by atoms with Crippen molar-refractivity contribution in [3.63, 3.8) is 0 Å². The second kappa shape index (κ2) is 11.1. The highest BCUT2D eigenvalue weighted by atomic mass is 35.5. The number of hydrogen-bond donors (Lipinski definition) is 2. The first-order chi connectivity index (χ1) is 16.4. The Morgan fingerprint density at radius 2 is 1.38 bits per heavy atom. The summed E-state index contributed by atoms with van der Waals surface area (Å²) in [5.74, 6) is -0.597. The molecule has 2 N–H and O–H groups in total. The van der Waals surface area contributed by atoms with Crippen LogP contribution in [-0.2, 0) is 9.53 Å². The van der Waals surface area contributed by atoms with E-state index in [0.29, 0.717) is 15.1 Å². The van der Waals surface area contributed by atoms with Crippen molar-refractivity contribution < 1.29 is 14.6 Å². The summed E-state index contributed by atoms with van der Waals surface area (Å²) in [5.41, 5.74) is 1.89. The van der Waals surface area contributed by atoms with Crippen molar-refractivity contribution in [2.75, 3.05) is 6.61 Å². The third-order valence-electron chi connectivity index (χ3n) is 5.49. The maximum atomic E-state index is 13.0. The van der Waals surface area contributed by atoms with Gasteiger partial charge in [-0.1, -0.05) is 59.1 Å². The van der Waals surface area contributed by atoms with Gasteiger partial charge in [0, 0.05) is 20.0 Å². The van der Waals surface area contributed by atoms with Crippen LogP contribution in [0.15, 0.2) is 89.0 Å². The van der Waals surface area contributed by atoms with E-state index in [0.717, 1.165) is 16.0 Å². The quantitative estimate of drug-likeness (QED) is 0.319. The first-order valence-corrected chi connectivity index (χ1v) is 12.7. The molecular weight excluding hydrogens is 513 g/mol. The number of benzene rings is 3. The predicted octanol–water partition coefficient (Wildman–Crippen LogP) is 7.57. The van der Waals surface area contributed by atoms with Crippen LogP contribution in [-0.4, -0.2) is 22.9 Å². The van der Waals surface area contributed by atoms with Crippen LogP contribution in [0, 0.1) is 0 Å². The van der Waals surface area contributed by atoms with Crippen LogP contribution in [0.3, 0.4) is 0 Å². The summed E-state index contributed by atoms with van der Waals surface area (Å²) >= 11 is 19.7. The lowest BCUT2D eigenvalue weighted by Gasteiger charge is -2.38. The number of carbonyl (C=O) groups is 1. The van der Waals surface area contributed by atoms with Gasteiger partial charge in [-0.05, 0) is 66.6 Å². The van der Waals surface area contributed by atoms with Crippen molar-refractivity contribution >= 4 is 52.5 Å². The highest BCUT2D eigenvalue weighted by molar-refractivity contribution is 8.00. The molecule has 176 valence electrons. The van der Waals surface area contributed by atoms with Crippen molar-refractivity contribution in [1.82, 2.24) is 5.32 Å². The number of halogens is 3. The van der Waals surface area contributed by atoms with Gasteiger partial charge in [-0.2, -0.15) is 0 Å². The Labute approximate surface area is 217 Å². The molecule has 0 radical (unpaired) electrons. The van der Waals surface area contributed by atoms with Crippen LogP contribution in [0.1, 0.15) is 30.1 Å². The molecular formula is C26H22Cl3NO3S. The number of aliphatic hydroxyl groups is 1. The van der Waals surface area contributed by atoms with E-state index in [1.807, 2.05) is 48.5 Å². The molecule has 0 saturated heterocycles. The smallest absolute Gasteiger partial charge is 0.339 e. The molecule has 8 heteroatoms. The Bertz CT molecular complexity index is 1180. The van der Waals surface area contributed by atoms with E-state index in [1.54, 1.807) is 31.2 Å². The Balaban J connectivity index is 1.84. The minimum Gasteiger partial charge on any atom is -0.510 e. The second-order valence-electron chi connectivity index (χ2n) is 7.69. The van der Waals surface area contributed by atoms with E-state index < -0.39 is 17.3 Å². The largest absolute Gasteiger partial charge is 0.510 e. The van der Waals surface area contributed by atoms with Crippen LogP contribution in [0.4, 0.5) is 0 Å². The molecule has 34 heavy (non-hydrogen) atoms. The zero-order valence-electron chi connectivity index (χ0n) is 18.2. The van der Waals surface area contributed by atoms with Crippen molar-refractivity contribution in [2.24, 2.45) is 0 Å². The van der Waals surface area contributed by atoms with Gasteiger partial charge < -0.3 is 9.84 Å². The lowest BCUT2D eigenvalue weighted by Crippen LogP contribution is -2.43. The monoisotopic (exact) mass is 533 g/mol. The molecule has 1 aliphatic rings. The highest BCUT2D eigenvalue weighted by Crippen LogP contribution is 2.45. The second-order valence-corrected chi connectivity index (χ2v) is 10.2. The fraction of sp³-hybridized carbons (Fsp3) is 0.192. The number of ether oxygens (including phenoxy) is 1. The van der Waals surface area contributed by atoms with Crippen molar-refractivity contribution in [3.05, 3.63) is 110 Å². The van der Waals surface area contributed by atoms with E-state index in [9.17, 15) is 9.90 Å². The van der Waals surface area contributed by atoms with E-state index in [2.05, 4.69) is 5.32 Å². The highest BCUT2D eigenvalue weighted by Gasteiger charge is 2.42. The van der Waals surface area contributed by atoms with E-state index >= 15 is 0 Å². The summed E-state index contributed by atoms with van der Waals surface area (Å²) in [4.78, 5) is 13.9. The van der Waals surface area contributed by atoms with Crippen molar-refractivity contribution in [3.8, 4) is 0 Å². The molecule has 0 bridgehead atoms. The molecule has 0 fully saturated rings. The molecule has 3 atom stereocenters. The zero-order valence-corrected chi connectivity index (χ0v) is 21.3. The maximum absolute atomic E-state index is 13.0. The molecule has 0 aliphatic carbocycles. The normalized spacial score (nSPS) is 20.3. The molecule has 1 heterocycles. The molecule has 4 nitrogen and oxygen atoms in total. The average molecular weight is 535 g/mol. The maximum Gasteiger partial charge on any atom is 0.339 e. The number of aliphatic hydroxyl groups excluding tert-OH is 1. The third-order valence-corrected chi connectivity index (χ3v) is 7.54. The van der Waals surface area contributed by atoms with E-state index in [-0.39, 0.29) is 24.0 Å². The van der Waals surface area contributed by atoms with Crippen LogP contribution in [0.25, 0.3) is 0 Å². The first kappa shape index (κ1) is 25.0. The molecule has 0 amide bonds. The van der Waals surface area contributed by atoms with E-state index in [1.165, 1.54) is 11.8 Å². The fourth-order valence-electron chi connectivity index (χ4n) is 3.88. The minimum atomic E-state index is -0.598. The van der Waals surface area contributed by atoms with Crippen LogP contribution >= 0.6 is 46.6 Å². The summed E-state index contributed by atoms with van der Waals surface area (Å²) in [7, 11) is 0. The molecule has 0 aromatic heterocycles. The van der Waals surface area contributed by atoms with Crippen LogP contribution in [0.5, 0.6) is 0 Å². The fourth-order valence-corrected chi connectivity index (χ4v) is 5.46. The van der Waals surface area contributed by atoms with Crippen molar-refractivity contribution in [2.45, 2.75) is 29.2 Å². The van der Waals surface area contributed by atoms with Gasteiger partial charge in [0.05, 0.1) is 29.5 Å². The van der Waals surface area contributed by atoms with E-state index in [4.69, 9.17) is 39.5 Å². The van der Waals surface area contributed by atoms with Gasteiger partial charge in [0.25, 0.3) is 0 Å². The molecule has 0 unspecified atom stereocenters. The summed E-state index contributed by atoms with van der Waals surface area (Å²) in [6.07, 6.45) is 0. The molecule has 3 aromatic carbocycles. The molecule has 0 spiro atoms. The molecule has 1 aliphatic heterocycles. The van der Waals surface area contributed by atoms with Crippen LogP contribution in [0.2, 0.25) is 15.1 Å². The minimum absolute atomic E-state index is 0.0305. The number of esters is 1. The zero-order chi connectivity index (χ0) is 24.2. The number of hydrogen-bond acceptors (Lipinski definition) is 5. The SMILES string of the molecule is CCOC(=O)C1=C(O)[C@@H](Sc2ccc(Cl)cc2)[C@H](c2ccc(Cl)cc2)N[C@H]1c1ccc(Cl)cc1. The Morgan fingerprint density at radius 3 is 1.91 bits per heavy atom. The third kappa shape index (κ3) is 5.56. The van der Waals surface area contributed by atoms with Crippen LogP contribution < -0.4 is 5.32 Å². The van der Waals surface area contributed by atoms with Gasteiger partial charge in [-0.3, -0.25) is 5.32 Å². The Hall–Kier alpha value is -2.15. The molecule has 0 saturated carbocycles. The summed E-state index contributed by atoms with van der Waals surface area (Å²) in [6.45, 7) is 1.93.